The lowest BCUT2D eigenvalue weighted by molar-refractivity contribution is -0.102. The normalized spacial score (nSPS) is 20.1. The van der Waals surface area contributed by atoms with Crippen molar-refractivity contribution in [3.63, 3.8) is 0 Å². The van der Waals surface area contributed by atoms with Crippen LogP contribution in [0.4, 0.5) is 4.79 Å². The molecule has 1 aromatic heterocycles. The minimum absolute atomic E-state index is 0.0188. The highest BCUT2D eigenvalue weighted by Crippen LogP contribution is 2.37. The third-order valence-corrected chi connectivity index (χ3v) is 7.37. The van der Waals surface area contributed by atoms with Crippen LogP contribution in [-0.4, -0.2) is 67.3 Å². The molecule has 8 nitrogen and oxygen atoms in total. The van der Waals surface area contributed by atoms with Gasteiger partial charge in [0.05, 0.1) is 31.6 Å². The molecular formula is C28H36N2O6. The highest BCUT2D eigenvalue weighted by molar-refractivity contribution is 5.70. The molecule has 1 atom stereocenters. The third-order valence-electron chi connectivity index (χ3n) is 7.37. The summed E-state index contributed by atoms with van der Waals surface area (Å²) >= 11 is 0. The van der Waals surface area contributed by atoms with Gasteiger partial charge in [0.1, 0.15) is 12.7 Å². The standard InChI is InChI=1S/C28H36N2O6/c1-18(2)36-28(32)29-9-6-20(7-10-29)21-4-5-24-22(14-21)8-11-30-26(15-25(31)19(3)27(24)30)35-17-23-16-33-12-13-34-23/h4-5,14-15,18,20,23H,6-13,16-17H2,1-3H3/t23-/m0/s1. The fourth-order valence-corrected chi connectivity index (χ4v) is 5.44. The molecule has 3 aliphatic heterocycles. The first-order chi connectivity index (χ1) is 17.4. The van der Waals surface area contributed by atoms with Gasteiger partial charge in [-0.15, -0.1) is 0 Å². The van der Waals surface area contributed by atoms with E-state index in [-0.39, 0.29) is 23.7 Å². The van der Waals surface area contributed by atoms with Crippen molar-refractivity contribution in [2.45, 2.75) is 64.7 Å². The van der Waals surface area contributed by atoms with E-state index in [1.165, 1.54) is 11.1 Å². The average Bonchev–Trinajstić information content (AvgIpc) is 2.89. The molecular weight excluding hydrogens is 460 g/mol. The molecule has 0 unspecified atom stereocenters. The van der Waals surface area contributed by atoms with Crippen LogP contribution in [0.3, 0.4) is 0 Å². The van der Waals surface area contributed by atoms with Crippen molar-refractivity contribution >= 4 is 6.09 Å². The van der Waals surface area contributed by atoms with Crippen molar-refractivity contribution in [1.29, 1.82) is 0 Å². The lowest BCUT2D eigenvalue weighted by Gasteiger charge is -2.33. The monoisotopic (exact) mass is 496 g/mol. The van der Waals surface area contributed by atoms with Gasteiger partial charge in [0.25, 0.3) is 0 Å². The van der Waals surface area contributed by atoms with E-state index in [0.717, 1.165) is 42.6 Å². The summed E-state index contributed by atoms with van der Waals surface area (Å²) in [6.45, 7) is 9.86. The molecule has 1 amide bonds. The number of hydrogen-bond acceptors (Lipinski definition) is 6. The summed E-state index contributed by atoms with van der Waals surface area (Å²) < 4.78 is 24.7. The number of nitrogens with zero attached hydrogens (tertiary/aromatic N) is 2. The molecule has 4 heterocycles. The molecule has 0 spiro atoms. The maximum atomic E-state index is 12.8. The van der Waals surface area contributed by atoms with E-state index in [9.17, 15) is 9.59 Å². The van der Waals surface area contributed by atoms with E-state index < -0.39 is 0 Å². The summed E-state index contributed by atoms with van der Waals surface area (Å²) in [5, 5.41) is 0. The smallest absolute Gasteiger partial charge is 0.410 e. The van der Waals surface area contributed by atoms with Crippen LogP contribution in [0, 0.1) is 6.92 Å². The molecule has 194 valence electrons. The Morgan fingerprint density at radius 1 is 1.14 bits per heavy atom. The molecule has 2 aromatic rings. The molecule has 3 aliphatic rings. The average molecular weight is 497 g/mol. The fraction of sp³-hybridized carbons (Fsp3) is 0.571. The Morgan fingerprint density at radius 3 is 2.67 bits per heavy atom. The number of aromatic nitrogens is 1. The van der Waals surface area contributed by atoms with Crippen LogP contribution >= 0.6 is 0 Å². The minimum Gasteiger partial charge on any atom is -0.476 e. The van der Waals surface area contributed by atoms with E-state index in [0.29, 0.717) is 51.3 Å². The molecule has 36 heavy (non-hydrogen) atoms. The number of carbonyl (C=O) groups is 1. The molecule has 0 N–H and O–H groups in total. The van der Waals surface area contributed by atoms with Gasteiger partial charge in [0.15, 0.2) is 11.3 Å². The highest BCUT2D eigenvalue weighted by Gasteiger charge is 2.28. The van der Waals surface area contributed by atoms with Gasteiger partial charge in [-0.2, -0.15) is 0 Å². The Balaban J connectivity index is 1.33. The first-order valence-corrected chi connectivity index (χ1v) is 13.1. The van der Waals surface area contributed by atoms with Gasteiger partial charge < -0.3 is 28.4 Å². The molecule has 2 saturated heterocycles. The van der Waals surface area contributed by atoms with Crippen LogP contribution in [0.1, 0.15) is 49.3 Å². The quantitative estimate of drug-likeness (QED) is 0.625. The maximum Gasteiger partial charge on any atom is 0.410 e. The van der Waals surface area contributed by atoms with E-state index in [4.69, 9.17) is 18.9 Å². The van der Waals surface area contributed by atoms with Gasteiger partial charge in [-0.25, -0.2) is 4.79 Å². The van der Waals surface area contributed by atoms with Gasteiger partial charge in [0.2, 0.25) is 0 Å². The maximum absolute atomic E-state index is 12.8. The molecule has 2 fully saturated rings. The largest absolute Gasteiger partial charge is 0.476 e. The number of benzene rings is 1. The minimum atomic E-state index is -0.216. The van der Waals surface area contributed by atoms with Crippen LogP contribution in [0.2, 0.25) is 0 Å². The molecule has 8 heteroatoms. The number of hydrogen-bond donors (Lipinski definition) is 0. The topological polar surface area (TPSA) is 79.2 Å². The van der Waals surface area contributed by atoms with Crippen LogP contribution in [0.15, 0.2) is 29.1 Å². The summed E-state index contributed by atoms with van der Waals surface area (Å²) in [6.07, 6.45) is 2.28. The fourth-order valence-electron chi connectivity index (χ4n) is 5.44. The van der Waals surface area contributed by atoms with Crippen LogP contribution in [0.25, 0.3) is 11.3 Å². The summed E-state index contributed by atoms with van der Waals surface area (Å²) in [5.74, 6) is 1.00. The molecule has 1 aromatic carbocycles. The number of fused-ring (bicyclic) bond motifs is 3. The zero-order chi connectivity index (χ0) is 25.2. The van der Waals surface area contributed by atoms with E-state index >= 15 is 0 Å². The first kappa shape index (κ1) is 24.8. The van der Waals surface area contributed by atoms with Gasteiger partial charge in [-0.3, -0.25) is 4.79 Å². The summed E-state index contributed by atoms with van der Waals surface area (Å²) in [6, 6.07) is 8.24. The predicted molar refractivity (Wildman–Crippen MR) is 136 cm³/mol. The molecule has 0 aliphatic carbocycles. The van der Waals surface area contributed by atoms with Crippen LogP contribution in [-0.2, 0) is 27.2 Å². The Kier molecular flexibility index (Phi) is 7.34. The molecule has 0 radical (unpaired) electrons. The number of amides is 1. The van der Waals surface area contributed by atoms with Crippen molar-refractivity contribution in [2.24, 2.45) is 0 Å². The Labute approximate surface area is 212 Å². The molecule has 5 rings (SSSR count). The van der Waals surface area contributed by atoms with Crippen LogP contribution < -0.4 is 10.2 Å². The van der Waals surface area contributed by atoms with Crippen molar-refractivity contribution in [3.05, 3.63) is 51.2 Å². The zero-order valence-corrected chi connectivity index (χ0v) is 21.5. The number of carbonyl (C=O) groups excluding carboxylic acids is 1. The Bertz CT molecular complexity index is 1160. The second-order valence-corrected chi connectivity index (χ2v) is 10.2. The lowest BCUT2D eigenvalue weighted by Crippen LogP contribution is -2.39. The third kappa shape index (κ3) is 5.15. The number of likely N-dealkylation sites (tertiary alicyclic amines) is 1. The second-order valence-electron chi connectivity index (χ2n) is 10.2. The van der Waals surface area contributed by atoms with Gasteiger partial charge in [0, 0.05) is 36.8 Å². The van der Waals surface area contributed by atoms with E-state index in [1.54, 1.807) is 6.07 Å². The highest BCUT2D eigenvalue weighted by atomic mass is 16.6. The van der Waals surface area contributed by atoms with Crippen molar-refractivity contribution in [3.8, 4) is 17.1 Å². The van der Waals surface area contributed by atoms with Gasteiger partial charge in [-0.05, 0) is 57.1 Å². The summed E-state index contributed by atoms with van der Waals surface area (Å²) in [7, 11) is 0. The Morgan fingerprint density at radius 2 is 1.94 bits per heavy atom. The molecule has 0 bridgehead atoms. The lowest BCUT2D eigenvalue weighted by atomic mass is 9.85. The number of ether oxygens (including phenoxy) is 4. The van der Waals surface area contributed by atoms with E-state index in [2.05, 4.69) is 22.8 Å². The number of rotatable bonds is 5. The number of pyridine rings is 1. The Hall–Kier alpha value is -2.84. The van der Waals surface area contributed by atoms with Crippen molar-refractivity contribution in [2.75, 3.05) is 39.5 Å². The number of piperidine rings is 1. The zero-order valence-electron chi connectivity index (χ0n) is 21.5. The van der Waals surface area contributed by atoms with Crippen LogP contribution in [0.5, 0.6) is 5.88 Å². The summed E-state index contributed by atoms with van der Waals surface area (Å²) in [4.78, 5) is 26.9. The second kappa shape index (κ2) is 10.6. The summed E-state index contributed by atoms with van der Waals surface area (Å²) in [5.41, 5.74) is 5.33. The SMILES string of the molecule is Cc1c2n(c(OC[C@@H]3COCCO3)cc1=O)CCc1cc(C3CCN(C(=O)OC(C)C)CC3)ccc1-2. The molecule has 0 saturated carbocycles. The predicted octanol–water partition coefficient (Wildman–Crippen LogP) is 3.90. The number of aryl methyl sites for hydroxylation is 1. The first-order valence-electron chi connectivity index (χ1n) is 13.1. The van der Waals surface area contributed by atoms with Gasteiger partial charge in [-0.1, -0.05) is 18.2 Å². The van der Waals surface area contributed by atoms with Crippen molar-refractivity contribution < 1.29 is 23.7 Å². The van der Waals surface area contributed by atoms with Crippen molar-refractivity contribution in [1.82, 2.24) is 9.47 Å². The van der Waals surface area contributed by atoms with Gasteiger partial charge >= 0.3 is 6.09 Å². The van der Waals surface area contributed by atoms with E-state index in [1.807, 2.05) is 25.7 Å².